The number of nitro benzene ring substituents is 1. The van der Waals surface area contributed by atoms with Crippen LogP contribution in [0.3, 0.4) is 0 Å². The lowest BCUT2D eigenvalue weighted by Gasteiger charge is -2.15. The minimum Gasteiger partial charge on any atom is -0.482 e. The molecule has 2 amide bonds. The van der Waals surface area contributed by atoms with Crippen molar-refractivity contribution < 1.29 is 29.2 Å². The first-order valence-corrected chi connectivity index (χ1v) is 9.76. The molecule has 2 N–H and O–H groups in total. The SMILES string of the molecule is O=C(O)COc1ccc(/C=C2/SC(=S)N(NC(=O)c3ccccc3[N+](=O)[O-])C2=O)cc1. The maximum absolute atomic E-state index is 12.7. The van der Waals surface area contributed by atoms with Gasteiger partial charge in [0.15, 0.2) is 10.9 Å². The summed E-state index contributed by atoms with van der Waals surface area (Å²) in [6, 6.07) is 11.7. The van der Waals surface area contributed by atoms with E-state index in [1.165, 1.54) is 30.3 Å². The lowest BCUT2D eigenvalue weighted by Crippen LogP contribution is -2.45. The Morgan fingerprint density at radius 3 is 2.55 bits per heavy atom. The highest BCUT2D eigenvalue weighted by Gasteiger charge is 2.34. The van der Waals surface area contributed by atoms with E-state index in [9.17, 15) is 24.5 Å². The van der Waals surface area contributed by atoms with E-state index in [0.717, 1.165) is 16.8 Å². The quantitative estimate of drug-likeness (QED) is 0.277. The summed E-state index contributed by atoms with van der Waals surface area (Å²) < 4.78 is 5.10. The molecule has 3 rings (SSSR count). The Morgan fingerprint density at radius 1 is 1.23 bits per heavy atom. The van der Waals surface area contributed by atoms with E-state index in [1.807, 2.05) is 0 Å². The summed E-state index contributed by atoms with van der Waals surface area (Å²) in [5.41, 5.74) is 2.32. The predicted molar refractivity (Wildman–Crippen MR) is 115 cm³/mol. The van der Waals surface area contributed by atoms with Gasteiger partial charge in [0.05, 0.1) is 9.83 Å². The van der Waals surface area contributed by atoms with Gasteiger partial charge >= 0.3 is 5.97 Å². The third-order valence-corrected chi connectivity index (χ3v) is 5.19. The van der Waals surface area contributed by atoms with Gasteiger partial charge in [0.1, 0.15) is 11.3 Å². The highest BCUT2D eigenvalue weighted by atomic mass is 32.2. The molecule has 1 heterocycles. The Kier molecular flexibility index (Phi) is 6.62. The summed E-state index contributed by atoms with van der Waals surface area (Å²) >= 11 is 6.10. The molecule has 2 aromatic rings. The van der Waals surface area contributed by atoms with Crippen molar-refractivity contribution in [3.8, 4) is 5.75 Å². The van der Waals surface area contributed by atoms with Crippen molar-refractivity contribution in [2.75, 3.05) is 6.61 Å². The second-order valence-electron chi connectivity index (χ2n) is 5.98. The van der Waals surface area contributed by atoms with Crippen molar-refractivity contribution in [3.05, 3.63) is 74.7 Å². The van der Waals surface area contributed by atoms with Gasteiger partial charge in [0, 0.05) is 6.07 Å². The van der Waals surface area contributed by atoms with Crippen LogP contribution < -0.4 is 10.2 Å². The molecule has 10 nitrogen and oxygen atoms in total. The summed E-state index contributed by atoms with van der Waals surface area (Å²) in [6.45, 7) is -0.475. The number of hydrogen-bond donors (Lipinski definition) is 2. The highest BCUT2D eigenvalue weighted by molar-refractivity contribution is 8.26. The molecule has 0 saturated carbocycles. The minimum atomic E-state index is -1.10. The van der Waals surface area contributed by atoms with E-state index < -0.39 is 35.0 Å². The van der Waals surface area contributed by atoms with Crippen molar-refractivity contribution >= 4 is 57.8 Å². The van der Waals surface area contributed by atoms with Gasteiger partial charge in [-0.25, -0.2) is 4.79 Å². The van der Waals surface area contributed by atoms with Gasteiger partial charge in [0.25, 0.3) is 17.5 Å². The van der Waals surface area contributed by atoms with Gasteiger partial charge < -0.3 is 9.84 Å². The first-order chi connectivity index (χ1) is 14.8. The Labute approximate surface area is 184 Å². The fraction of sp³-hybridized carbons (Fsp3) is 0.0526. The average Bonchev–Trinajstić information content (AvgIpc) is 3.00. The Morgan fingerprint density at radius 2 is 1.90 bits per heavy atom. The zero-order valence-electron chi connectivity index (χ0n) is 15.5. The summed E-state index contributed by atoms with van der Waals surface area (Å²) in [7, 11) is 0. The van der Waals surface area contributed by atoms with Crippen LogP contribution in [0.5, 0.6) is 5.75 Å². The molecule has 1 aliphatic rings. The summed E-state index contributed by atoms with van der Waals surface area (Å²) in [5.74, 6) is -2.18. The zero-order valence-corrected chi connectivity index (χ0v) is 17.1. The molecule has 0 aromatic heterocycles. The maximum atomic E-state index is 12.7. The Balaban J connectivity index is 1.73. The maximum Gasteiger partial charge on any atom is 0.341 e. The number of hydrogen-bond acceptors (Lipinski definition) is 8. The first kappa shape index (κ1) is 21.9. The molecule has 12 heteroatoms. The number of nitrogens with one attached hydrogen (secondary N) is 1. The lowest BCUT2D eigenvalue weighted by atomic mass is 10.2. The number of nitro groups is 1. The number of nitrogens with zero attached hydrogens (tertiary/aromatic N) is 2. The van der Waals surface area contributed by atoms with E-state index in [4.69, 9.17) is 22.1 Å². The fourth-order valence-electron chi connectivity index (χ4n) is 2.51. The fourth-order valence-corrected chi connectivity index (χ4v) is 3.69. The van der Waals surface area contributed by atoms with Gasteiger partial charge in [-0.3, -0.25) is 25.1 Å². The molecule has 0 aliphatic carbocycles. The van der Waals surface area contributed by atoms with Crippen LogP contribution in [-0.2, 0) is 9.59 Å². The zero-order chi connectivity index (χ0) is 22.5. The second-order valence-corrected chi connectivity index (χ2v) is 7.66. The number of aliphatic carboxylic acids is 1. The summed E-state index contributed by atoms with van der Waals surface area (Å²) in [6.07, 6.45) is 1.54. The van der Waals surface area contributed by atoms with Crippen LogP contribution in [0.4, 0.5) is 5.69 Å². The number of ether oxygens (including phenoxy) is 1. The largest absolute Gasteiger partial charge is 0.482 e. The van der Waals surface area contributed by atoms with Crippen LogP contribution in [-0.4, -0.2) is 43.7 Å². The minimum absolute atomic E-state index is 0.0598. The monoisotopic (exact) mass is 459 g/mol. The molecule has 1 fully saturated rings. The van der Waals surface area contributed by atoms with Crippen LogP contribution in [0.15, 0.2) is 53.4 Å². The van der Waals surface area contributed by atoms with Gasteiger partial charge in [-0.15, -0.1) is 0 Å². The van der Waals surface area contributed by atoms with Crippen molar-refractivity contribution in [1.82, 2.24) is 10.4 Å². The Bertz CT molecular complexity index is 1120. The molecular formula is C19H13N3O7S2. The van der Waals surface area contributed by atoms with Crippen molar-refractivity contribution in [2.45, 2.75) is 0 Å². The lowest BCUT2D eigenvalue weighted by molar-refractivity contribution is -0.385. The average molecular weight is 459 g/mol. The summed E-state index contributed by atoms with van der Waals surface area (Å²) in [4.78, 5) is 46.3. The van der Waals surface area contributed by atoms with Gasteiger partial charge in [0.2, 0.25) is 0 Å². The summed E-state index contributed by atoms with van der Waals surface area (Å²) in [5, 5.41) is 20.6. The first-order valence-electron chi connectivity index (χ1n) is 8.53. The molecule has 0 atom stereocenters. The molecular weight excluding hydrogens is 446 g/mol. The highest BCUT2D eigenvalue weighted by Crippen LogP contribution is 2.32. The van der Waals surface area contributed by atoms with E-state index in [2.05, 4.69) is 5.43 Å². The second kappa shape index (κ2) is 9.36. The van der Waals surface area contributed by atoms with Crippen molar-refractivity contribution in [3.63, 3.8) is 0 Å². The number of benzene rings is 2. The molecule has 2 aromatic carbocycles. The smallest absolute Gasteiger partial charge is 0.341 e. The van der Waals surface area contributed by atoms with Crippen LogP contribution in [0.25, 0.3) is 6.08 Å². The number of carbonyl (C=O) groups excluding carboxylic acids is 2. The Hall–Kier alpha value is -3.77. The molecule has 0 unspecified atom stereocenters. The molecule has 0 radical (unpaired) electrons. The third-order valence-electron chi connectivity index (χ3n) is 3.89. The number of carboxylic acid groups (broad SMARTS) is 1. The van der Waals surface area contributed by atoms with E-state index >= 15 is 0 Å². The number of hydrazine groups is 1. The molecule has 1 aliphatic heterocycles. The van der Waals surface area contributed by atoms with Gasteiger partial charge in [-0.05, 0) is 42.1 Å². The predicted octanol–water partition coefficient (Wildman–Crippen LogP) is 2.60. The van der Waals surface area contributed by atoms with E-state index in [1.54, 1.807) is 24.3 Å². The van der Waals surface area contributed by atoms with Crippen LogP contribution in [0, 0.1) is 10.1 Å². The number of thioether (sulfide) groups is 1. The molecule has 31 heavy (non-hydrogen) atoms. The van der Waals surface area contributed by atoms with Gasteiger partial charge in [-0.1, -0.05) is 36.0 Å². The number of para-hydroxylation sites is 1. The number of carboxylic acids is 1. The van der Waals surface area contributed by atoms with E-state index in [0.29, 0.717) is 11.3 Å². The standard InChI is InChI=1S/C19H13N3O7S2/c23-16(24)10-29-12-7-5-11(6-8-12)9-15-18(26)21(19(30)31-15)20-17(25)13-3-1-2-4-14(13)22(27)28/h1-9H,10H2,(H,20,25)(H,23,24)/b15-9+. The number of rotatable bonds is 7. The van der Waals surface area contributed by atoms with Crippen LogP contribution >= 0.6 is 24.0 Å². The molecule has 158 valence electrons. The molecule has 1 saturated heterocycles. The number of amides is 2. The van der Waals surface area contributed by atoms with Crippen LogP contribution in [0.1, 0.15) is 15.9 Å². The van der Waals surface area contributed by atoms with E-state index in [-0.39, 0.29) is 14.8 Å². The van der Waals surface area contributed by atoms with Crippen molar-refractivity contribution in [1.29, 1.82) is 0 Å². The normalized spacial score (nSPS) is 14.6. The topological polar surface area (TPSA) is 139 Å². The van der Waals surface area contributed by atoms with Gasteiger partial charge in [-0.2, -0.15) is 5.01 Å². The number of thiocarbonyl (C=S) groups is 1. The third kappa shape index (κ3) is 5.24. The van der Waals surface area contributed by atoms with Crippen molar-refractivity contribution in [2.24, 2.45) is 0 Å². The molecule has 0 bridgehead atoms. The van der Waals surface area contributed by atoms with Crippen LogP contribution in [0.2, 0.25) is 0 Å². The number of carbonyl (C=O) groups is 3. The molecule has 0 spiro atoms.